The van der Waals surface area contributed by atoms with Crippen LogP contribution in [-0.2, 0) is 9.59 Å². The number of amides is 2. The first-order valence-electron chi connectivity index (χ1n) is 17.1. The fourth-order valence-corrected chi connectivity index (χ4v) is 7.43. The minimum atomic E-state index is -1.53. The van der Waals surface area contributed by atoms with Crippen LogP contribution in [0.15, 0.2) is 48.5 Å². The van der Waals surface area contributed by atoms with Crippen molar-refractivity contribution in [1.29, 1.82) is 0 Å². The Hall–Kier alpha value is -1.95. The van der Waals surface area contributed by atoms with Crippen LogP contribution in [0.2, 0.25) is 0 Å². The molecule has 0 unspecified atom stereocenters. The molecule has 0 aliphatic rings. The maximum absolute atomic E-state index is 12.1. The monoisotopic (exact) mass is 672 g/mol. The standard InChI is InChI=1S/C34H54B2N2O6S2/c39-33(37-31-21-17-19-29(27-31)35(41)42)23-13-9-5-1-3-7-11-15-25-45-46-26-16-12-8-4-2-6-10-14-24-34(40)38-32-22-18-20-30(28-32)36(43)44/h17-22,27-28,41-44H,1-16,23-26H2,(H,37,39)(H,38,40). The summed E-state index contributed by atoms with van der Waals surface area (Å²) in [6, 6.07) is 13.3. The van der Waals surface area contributed by atoms with Gasteiger partial charge in [-0.15, -0.1) is 0 Å². The summed E-state index contributed by atoms with van der Waals surface area (Å²) in [6.45, 7) is 0. The SMILES string of the molecule is O=C(CCCCCCCCCCSSCCCCCCCCCCC(=O)Nc1cccc(B(O)O)c1)Nc1cccc(B(O)O)c1. The Morgan fingerprint density at radius 1 is 0.500 bits per heavy atom. The third-order valence-electron chi connectivity index (χ3n) is 7.78. The number of carbonyl (C=O) groups is 2. The molecular weight excluding hydrogens is 618 g/mol. The largest absolute Gasteiger partial charge is 0.488 e. The van der Waals surface area contributed by atoms with Gasteiger partial charge in [-0.3, -0.25) is 9.59 Å². The van der Waals surface area contributed by atoms with Crippen molar-refractivity contribution in [2.24, 2.45) is 0 Å². The van der Waals surface area contributed by atoms with E-state index in [-0.39, 0.29) is 11.8 Å². The molecule has 46 heavy (non-hydrogen) atoms. The van der Waals surface area contributed by atoms with Gasteiger partial charge in [0.1, 0.15) is 0 Å². The molecule has 0 atom stereocenters. The van der Waals surface area contributed by atoms with Crippen LogP contribution < -0.4 is 21.6 Å². The quantitative estimate of drug-likeness (QED) is 0.0385. The Labute approximate surface area is 285 Å². The summed E-state index contributed by atoms with van der Waals surface area (Å²) in [5.41, 5.74) is 1.92. The summed E-state index contributed by atoms with van der Waals surface area (Å²) >= 11 is 0. The van der Waals surface area contributed by atoms with Gasteiger partial charge in [0.15, 0.2) is 0 Å². The number of hydrogen-bond donors (Lipinski definition) is 6. The molecule has 0 saturated heterocycles. The highest BCUT2D eigenvalue weighted by atomic mass is 33.1. The van der Waals surface area contributed by atoms with Gasteiger partial charge >= 0.3 is 14.2 Å². The predicted octanol–water partition coefficient (Wildman–Crippen LogP) is 6.03. The molecule has 0 aliphatic carbocycles. The maximum Gasteiger partial charge on any atom is 0.488 e. The first-order chi connectivity index (χ1) is 22.3. The van der Waals surface area contributed by atoms with Crippen molar-refractivity contribution in [3.63, 3.8) is 0 Å². The Bertz CT molecular complexity index is 1030. The number of benzene rings is 2. The van der Waals surface area contributed by atoms with Gasteiger partial charge in [0.05, 0.1) is 0 Å². The molecule has 2 aromatic carbocycles. The zero-order chi connectivity index (χ0) is 33.2. The third kappa shape index (κ3) is 20.3. The van der Waals surface area contributed by atoms with Gasteiger partial charge in [-0.05, 0) is 60.9 Å². The Kier molecular flexibility index (Phi) is 22.8. The van der Waals surface area contributed by atoms with E-state index in [9.17, 15) is 29.7 Å². The smallest absolute Gasteiger partial charge is 0.423 e. The number of anilines is 2. The highest BCUT2D eigenvalue weighted by Crippen LogP contribution is 2.25. The number of carbonyl (C=O) groups excluding carboxylic acids is 2. The van der Waals surface area contributed by atoms with Gasteiger partial charge < -0.3 is 30.7 Å². The van der Waals surface area contributed by atoms with E-state index in [2.05, 4.69) is 10.6 Å². The van der Waals surface area contributed by atoms with Crippen LogP contribution in [-0.4, -0.2) is 57.7 Å². The zero-order valence-electron chi connectivity index (χ0n) is 27.3. The molecule has 0 saturated carbocycles. The van der Waals surface area contributed by atoms with Crippen LogP contribution in [0, 0.1) is 0 Å². The van der Waals surface area contributed by atoms with Crippen molar-refractivity contribution in [2.75, 3.05) is 22.1 Å². The van der Waals surface area contributed by atoms with E-state index in [4.69, 9.17) is 0 Å². The second-order valence-corrected chi connectivity index (χ2v) is 14.6. The van der Waals surface area contributed by atoms with Crippen LogP contribution in [0.4, 0.5) is 11.4 Å². The van der Waals surface area contributed by atoms with Crippen molar-refractivity contribution in [1.82, 2.24) is 0 Å². The number of nitrogens with one attached hydrogen (secondary N) is 2. The molecule has 254 valence electrons. The lowest BCUT2D eigenvalue weighted by atomic mass is 9.80. The molecule has 8 nitrogen and oxygen atoms in total. The molecule has 0 aromatic heterocycles. The lowest BCUT2D eigenvalue weighted by molar-refractivity contribution is -0.117. The molecular formula is C34H54B2N2O6S2. The van der Waals surface area contributed by atoms with Gasteiger partial charge in [0.25, 0.3) is 0 Å². The van der Waals surface area contributed by atoms with Gasteiger partial charge in [-0.1, -0.05) is 123 Å². The second-order valence-electron chi connectivity index (χ2n) is 11.9. The van der Waals surface area contributed by atoms with Crippen molar-refractivity contribution in [2.45, 2.75) is 116 Å². The maximum atomic E-state index is 12.1. The van der Waals surface area contributed by atoms with Gasteiger partial charge in [-0.2, -0.15) is 0 Å². The highest BCUT2D eigenvalue weighted by molar-refractivity contribution is 8.76. The van der Waals surface area contributed by atoms with Crippen molar-refractivity contribution >= 4 is 69.9 Å². The number of unbranched alkanes of at least 4 members (excludes halogenated alkanes) is 14. The van der Waals surface area contributed by atoms with Crippen molar-refractivity contribution in [3.8, 4) is 0 Å². The summed E-state index contributed by atoms with van der Waals surface area (Å²) in [4.78, 5) is 24.2. The third-order valence-corrected chi connectivity index (χ3v) is 10.4. The Morgan fingerprint density at radius 3 is 1.17 bits per heavy atom. The molecule has 0 aliphatic heterocycles. The second kappa shape index (κ2) is 26.1. The highest BCUT2D eigenvalue weighted by Gasteiger charge is 2.12. The van der Waals surface area contributed by atoms with E-state index >= 15 is 0 Å². The lowest BCUT2D eigenvalue weighted by Gasteiger charge is -2.07. The fraction of sp³-hybridized carbons (Fsp3) is 0.588. The van der Waals surface area contributed by atoms with Crippen LogP contribution in [0.25, 0.3) is 0 Å². The van der Waals surface area contributed by atoms with Gasteiger partial charge in [-0.25, -0.2) is 0 Å². The molecule has 2 amide bonds. The summed E-state index contributed by atoms with van der Waals surface area (Å²) in [7, 11) is 0.963. The summed E-state index contributed by atoms with van der Waals surface area (Å²) in [6.07, 6.45) is 19.9. The number of hydrogen-bond acceptors (Lipinski definition) is 8. The summed E-state index contributed by atoms with van der Waals surface area (Å²) < 4.78 is 0. The first kappa shape index (κ1) is 40.2. The fourth-order valence-electron chi connectivity index (χ4n) is 5.13. The predicted molar refractivity (Wildman–Crippen MR) is 198 cm³/mol. The van der Waals surface area contributed by atoms with Crippen molar-refractivity contribution in [3.05, 3.63) is 48.5 Å². The summed E-state index contributed by atoms with van der Waals surface area (Å²) in [5, 5.41) is 42.6. The minimum Gasteiger partial charge on any atom is -0.423 e. The molecule has 12 heteroatoms. The molecule has 0 spiro atoms. The normalized spacial score (nSPS) is 11.0. The Morgan fingerprint density at radius 2 is 0.826 bits per heavy atom. The number of rotatable bonds is 27. The molecule has 2 aromatic rings. The van der Waals surface area contributed by atoms with Crippen LogP contribution in [0.5, 0.6) is 0 Å². The molecule has 2 rings (SSSR count). The molecule has 6 N–H and O–H groups in total. The zero-order valence-corrected chi connectivity index (χ0v) is 29.0. The van der Waals surface area contributed by atoms with E-state index in [1.807, 2.05) is 21.6 Å². The van der Waals surface area contributed by atoms with Crippen LogP contribution >= 0.6 is 21.6 Å². The van der Waals surface area contributed by atoms with Crippen molar-refractivity contribution < 1.29 is 29.7 Å². The van der Waals surface area contributed by atoms with E-state index in [0.717, 1.165) is 25.7 Å². The molecule has 0 heterocycles. The van der Waals surface area contributed by atoms with Crippen LogP contribution in [0.3, 0.4) is 0 Å². The van der Waals surface area contributed by atoms with Gasteiger partial charge in [0, 0.05) is 35.7 Å². The minimum absolute atomic E-state index is 0.0316. The average Bonchev–Trinajstić information content (AvgIpc) is 3.03. The molecule has 0 bridgehead atoms. The van der Waals surface area contributed by atoms with E-state index in [0.29, 0.717) is 35.1 Å². The first-order valence-corrected chi connectivity index (χ1v) is 19.6. The molecule has 0 fully saturated rings. The van der Waals surface area contributed by atoms with E-state index in [1.165, 1.54) is 88.6 Å². The van der Waals surface area contributed by atoms with Crippen LogP contribution in [0.1, 0.15) is 116 Å². The average molecular weight is 673 g/mol. The van der Waals surface area contributed by atoms with E-state index < -0.39 is 14.2 Å². The topological polar surface area (TPSA) is 139 Å². The molecule has 0 radical (unpaired) electrons. The Balaban J connectivity index is 1.26. The summed E-state index contributed by atoms with van der Waals surface area (Å²) in [5.74, 6) is 2.40. The lowest BCUT2D eigenvalue weighted by Crippen LogP contribution is -2.30. The van der Waals surface area contributed by atoms with E-state index in [1.54, 1.807) is 48.5 Å². The van der Waals surface area contributed by atoms with Gasteiger partial charge in [0.2, 0.25) is 11.8 Å².